The van der Waals surface area contributed by atoms with Crippen LogP contribution in [0.2, 0.25) is 5.02 Å². The van der Waals surface area contributed by atoms with Crippen LogP contribution in [0.5, 0.6) is 11.5 Å². The van der Waals surface area contributed by atoms with Crippen LogP contribution in [0, 0.1) is 0 Å². The van der Waals surface area contributed by atoms with Crippen molar-refractivity contribution >= 4 is 46.2 Å². The predicted molar refractivity (Wildman–Crippen MR) is 132 cm³/mol. The molecule has 33 heavy (non-hydrogen) atoms. The lowest BCUT2D eigenvalue weighted by Crippen LogP contribution is -2.45. The van der Waals surface area contributed by atoms with Gasteiger partial charge in [0.05, 0.1) is 17.3 Å². The molecule has 166 valence electrons. The minimum atomic E-state index is -0.469. The minimum Gasteiger partial charge on any atom is -0.486 e. The number of hydrogen-bond acceptors (Lipinski definition) is 4. The molecular weight excluding hydrogens is 458 g/mol. The average Bonchev–Trinajstić information content (AvgIpc) is 2.84. The van der Waals surface area contributed by atoms with E-state index in [1.807, 2.05) is 42.5 Å². The molecular formula is C25H20ClN3O3S. The Morgan fingerprint density at radius 2 is 1.70 bits per heavy atom. The second kappa shape index (κ2) is 9.13. The summed E-state index contributed by atoms with van der Waals surface area (Å²) in [5, 5.41) is 10.5. The number of thiocarbonyl (C=S) groups is 1. The summed E-state index contributed by atoms with van der Waals surface area (Å²) in [4.78, 5) is 13.7. The average molecular weight is 478 g/mol. The number of halogens is 1. The Balaban J connectivity index is 1.57. The van der Waals surface area contributed by atoms with Crippen molar-refractivity contribution in [2.45, 2.75) is 6.04 Å². The first-order valence-corrected chi connectivity index (χ1v) is 11.2. The van der Waals surface area contributed by atoms with Gasteiger partial charge in [0.1, 0.15) is 13.2 Å². The zero-order chi connectivity index (χ0) is 22.8. The van der Waals surface area contributed by atoms with E-state index in [-0.39, 0.29) is 5.91 Å². The molecule has 0 spiro atoms. The summed E-state index contributed by atoms with van der Waals surface area (Å²) in [5.41, 5.74) is 3.48. The minimum absolute atomic E-state index is 0.270. The molecule has 1 unspecified atom stereocenters. The van der Waals surface area contributed by atoms with Gasteiger partial charge in [0.15, 0.2) is 16.6 Å². The smallest absolute Gasteiger partial charge is 0.256 e. The van der Waals surface area contributed by atoms with Crippen molar-refractivity contribution in [1.29, 1.82) is 0 Å². The molecule has 2 heterocycles. The second-order valence-corrected chi connectivity index (χ2v) is 8.39. The lowest BCUT2D eigenvalue weighted by atomic mass is 9.92. The van der Waals surface area contributed by atoms with Gasteiger partial charge >= 0.3 is 0 Å². The molecule has 3 aromatic carbocycles. The van der Waals surface area contributed by atoms with Crippen LogP contribution < -0.4 is 25.4 Å². The van der Waals surface area contributed by atoms with Gasteiger partial charge in [-0.25, -0.2) is 0 Å². The molecule has 0 saturated heterocycles. The zero-order valence-corrected chi connectivity index (χ0v) is 19.0. The quantitative estimate of drug-likeness (QED) is 0.474. The molecule has 8 heteroatoms. The number of carbonyl (C=O) groups excluding carboxylic acids is 1. The predicted octanol–water partition coefficient (Wildman–Crippen LogP) is 4.68. The van der Waals surface area contributed by atoms with Gasteiger partial charge in [0.25, 0.3) is 5.91 Å². The number of anilines is 1. The van der Waals surface area contributed by atoms with E-state index in [4.69, 9.17) is 33.3 Å². The van der Waals surface area contributed by atoms with Crippen LogP contribution in [0.4, 0.5) is 5.69 Å². The number of carbonyl (C=O) groups is 1. The van der Waals surface area contributed by atoms with E-state index in [1.54, 1.807) is 30.3 Å². The van der Waals surface area contributed by atoms with Gasteiger partial charge < -0.3 is 25.4 Å². The standard InChI is InChI=1S/C25H20ClN3O3S/c26-17-8-6-16(7-9-17)23-21(22(28-25(33)29-23)15-4-2-1-3-5-15)24(30)27-18-10-11-19-20(14-18)32-13-12-31-19/h1-11,14,23H,12-13H2,(H,27,30)(H2,28,29,33). The molecule has 0 radical (unpaired) electrons. The van der Waals surface area contributed by atoms with Crippen LogP contribution in [0.25, 0.3) is 5.70 Å². The Labute approximate surface area is 201 Å². The van der Waals surface area contributed by atoms with Gasteiger partial charge in [0.2, 0.25) is 0 Å². The molecule has 1 amide bonds. The number of hydrogen-bond donors (Lipinski definition) is 3. The Morgan fingerprint density at radius 1 is 0.970 bits per heavy atom. The van der Waals surface area contributed by atoms with Crippen molar-refractivity contribution in [2.75, 3.05) is 18.5 Å². The molecule has 5 rings (SSSR count). The summed E-state index contributed by atoms with van der Waals surface area (Å²) in [7, 11) is 0. The van der Waals surface area contributed by atoms with Crippen molar-refractivity contribution in [3.05, 3.63) is 94.5 Å². The first-order valence-electron chi connectivity index (χ1n) is 10.4. The second-order valence-electron chi connectivity index (χ2n) is 7.55. The van der Waals surface area contributed by atoms with Gasteiger partial charge in [-0.15, -0.1) is 0 Å². The normalized spacial score (nSPS) is 17.1. The number of nitrogens with one attached hydrogen (secondary N) is 3. The van der Waals surface area contributed by atoms with Crippen LogP contribution in [-0.4, -0.2) is 24.2 Å². The molecule has 3 N–H and O–H groups in total. The van der Waals surface area contributed by atoms with Crippen LogP contribution in [0.1, 0.15) is 17.2 Å². The van der Waals surface area contributed by atoms with E-state index >= 15 is 0 Å². The monoisotopic (exact) mass is 477 g/mol. The highest BCUT2D eigenvalue weighted by Gasteiger charge is 2.32. The molecule has 0 fully saturated rings. The topological polar surface area (TPSA) is 71.6 Å². The molecule has 6 nitrogen and oxygen atoms in total. The molecule has 0 aliphatic carbocycles. The fourth-order valence-electron chi connectivity index (χ4n) is 3.87. The number of rotatable bonds is 4. The summed E-state index contributed by atoms with van der Waals surface area (Å²) in [6.07, 6.45) is 0. The Morgan fingerprint density at radius 3 is 2.45 bits per heavy atom. The third-order valence-electron chi connectivity index (χ3n) is 5.38. The lowest BCUT2D eigenvalue weighted by molar-refractivity contribution is -0.113. The molecule has 0 bridgehead atoms. The summed E-state index contributed by atoms with van der Waals surface area (Å²) in [6, 6.07) is 21.9. The fourth-order valence-corrected chi connectivity index (χ4v) is 4.21. The molecule has 2 aliphatic rings. The Hall–Kier alpha value is -3.55. The van der Waals surface area contributed by atoms with E-state index < -0.39 is 6.04 Å². The third kappa shape index (κ3) is 4.51. The molecule has 3 aromatic rings. The van der Waals surface area contributed by atoms with E-state index in [0.29, 0.717) is 51.8 Å². The van der Waals surface area contributed by atoms with Crippen LogP contribution >= 0.6 is 23.8 Å². The number of ether oxygens (including phenoxy) is 2. The SMILES string of the molecule is O=C(Nc1ccc2c(c1)OCCO2)C1=C(c2ccccc2)NC(=S)NC1c1ccc(Cl)cc1. The molecule has 1 atom stereocenters. The van der Waals surface area contributed by atoms with E-state index in [0.717, 1.165) is 11.1 Å². The van der Waals surface area contributed by atoms with Crippen molar-refractivity contribution in [3.8, 4) is 11.5 Å². The number of amides is 1. The number of benzene rings is 3. The highest BCUT2D eigenvalue weighted by Crippen LogP contribution is 2.35. The first kappa shape index (κ1) is 21.3. The number of fused-ring (bicyclic) bond motifs is 1. The highest BCUT2D eigenvalue weighted by atomic mass is 35.5. The van der Waals surface area contributed by atoms with Gasteiger partial charge in [-0.1, -0.05) is 54.1 Å². The summed E-state index contributed by atoms with van der Waals surface area (Å²) in [6.45, 7) is 0.976. The van der Waals surface area contributed by atoms with Gasteiger partial charge in [-0.05, 0) is 47.6 Å². The van der Waals surface area contributed by atoms with E-state index in [9.17, 15) is 4.79 Å². The highest BCUT2D eigenvalue weighted by molar-refractivity contribution is 7.80. The molecule has 0 saturated carbocycles. The van der Waals surface area contributed by atoms with Crippen molar-refractivity contribution in [2.24, 2.45) is 0 Å². The summed E-state index contributed by atoms with van der Waals surface area (Å²) < 4.78 is 11.2. The summed E-state index contributed by atoms with van der Waals surface area (Å²) in [5.74, 6) is 0.994. The van der Waals surface area contributed by atoms with Gasteiger partial charge in [-0.2, -0.15) is 0 Å². The van der Waals surface area contributed by atoms with E-state index in [2.05, 4.69) is 16.0 Å². The Kier molecular flexibility index (Phi) is 5.90. The summed E-state index contributed by atoms with van der Waals surface area (Å²) >= 11 is 11.6. The van der Waals surface area contributed by atoms with Crippen molar-refractivity contribution in [3.63, 3.8) is 0 Å². The van der Waals surface area contributed by atoms with E-state index in [1.165, 1.54) is 0 Å². The third-order valence-corrected chi connectivity index (χ3v) is 5.85. The maximum Gasteiger partial charge on any atom is 0.256 e. The lowest BCUT2D eigenvalue weighted by Gasteiger charge is -2.32. The first-order chi connectivity index (χ1) is 16.1. The van der Waals surface area contributed by atoms with Gasteiger partial charge in [-0.3, -0.25) is 4.79 Å². The zero-order valence-electron chi connectivity index (χ0n) is 17.4. The maximum absolute atomic E-state index is 13.7. The fraction of sp³-hybridized carbons (Fsp3) is 0.120. The van der Waals surface area contributed by atoms with Crippen LogP contribution in [-0.2, 0) is 4.79 Å². The van der Waals surface area contributed by atoms with Gasteiger partial charge in [0, 0.05) is 16.8 Å². The van der Waals surface area contributed by atoms with Crippen molar-refractivity contribution < 1.29 is 14.3 Å². The largest absolute Gasteiger partial charge is 0.486 e. The van der Waals surface area contributed by atoms with Crippen LogP contribution in [0.15, 0.2) is 78.4 Å². The van der Waals surface area contributed by atoms with Crippen molar-refractivity contribution in [1.82, 2.24) is 10.6 Å². The maximum atomic E-state index is 13.7. The molecule has 2 aliphatic heterocycles. The van der Waals surface area contributed by atoms with Crippen LogP contribution in [0.3, 0.4) is 0 Å². The molecule has 0 aromatic heterocycles. The Bertz CT molecular complexity index is 1250.